The number of carbonyl (C=O) groups is 3. The number of ether oxygens (including phenoxy) is 1. The van der Waals surface area contributed by atoms with Gasteiger partial charge in [-0.1, -0.05) is 13.8 Å². The van der Waals surface area contributed by atoms with Crippen LogP contribution in [0.4, 0.5) is 13.2 Å². The van der Waals surface area contributed by atoms with Gasteiger partial charge in [-0.3, -0.25) is 4.79 Å². The maximum absolute atomic E-state index is 11.4. The van der Waals surface area contributed by atoms with Gasteiger partial charge >= 0.3 is 18.1 Å². The molecule has 8 nitrogen and oxygen atoms in total. The largest absolute Gasteiger partial charge is 0.490 e. The fourth-order valence-electron chi connectivity index (χ4n) is 1.19. The van der Waals surface area contributed by atoms with Gasteiger partial charge in [0.05, 0.1) is 13.7 Å². The van der Waals surface area contributed by atoms with Gasteiger partial charge < -0.3 is 26.0 Å². The molecule has 0 bridgehead atoms. The summed E-state index contributed by atoms with van der Waals surface area (Å²) in [6.07, 6.45) is -4.61. The SMILES string of the molecule is COC(=O)[C@H](CC(C)C)NC(=O)[C@@H](N)CO.O=C(O)C(F)(F)F. The predicted molar refractivity (Wildman–Crippen MR) is 72.2 cm³/mol. The summed E-state index contributed by atoms with van der Waals surface area (Å²) < 4.78 is 36.3. The van der Waals surface area contributed by atoms with Crippen LogP contribution < -0.4 is 11.1 Å². The number of methoxy groups -OCH3 is 1. The van der Waals surface area contributed by atoms with E-state index in [1.807, 2.05) is 13.8 Å². The minimum atomic E-state index is -5.08. The van der Waals surface area contributed by atoms with Gasteiger partial charge in [-0.25, -0.2) is 9.59 Å². The van der Waals surface area contributed by atoms with E-state index in [4.69, 9.17) is 20.7 Å². The Balaban J connectivity index is 0. The Bertz CT molecular complexity index is 401. The fraction of sp³-hybridized carbons (Fsp3) is 0.750. The molecule has 0 aromatic carbocycles. The maximum atomic E-state index is 11.4. The van der Waals surface area contributed by atoms with Crippen LogP contribution in [0.25, 0.3) is 0 Å². The fourth-order valence-corrected chi connectivity index (χ4v) is 1.19. The van der Waals surface area contributed by atoms with Crippen molar-refractivity contribution in [2.24, 2.45) is 11.7 Å². The average molecular weight is 346 g/mol. The van der Waals surface area contributed by atoms with Crippen molar-refractivity contribution < 1.29 is 42.5 Å². The number of aliphatic carboxylic acids is 1. The van der Waals surface area contributed by atoms with Crippen molar-refractivity contribution >= 4 is 17.8 Å². The summed E-state index contributed by atoms with van der Waals surface area (Å²) in [5, 5.41) is 18.3. The van der Waals surface area contributed by atoms with Crippen LogP contribution in [0.5, 0.6) is 0 Å². The lowest BCUT2D eigenvalue weighted by molar-refractivity contribution is -0.192. The summed E-state index contributed by atoms with van der Waals surface area (Å²) in [6, 6.07) is -1.73. The number of carboxylic acid groups (broad SMARTS) is 1. The number of aliphatic hydroxyl groups excluding tert-OH is 1. The molecule has 23 heavy (non-hydrogen) atoms. The summed E-state index contributed by atoms with van der Waals surface area (Å²) in [4.78, 5) is 31.6. The smallest absolute Gasteiger partial charge is 0.475 e. The molecule has 0 saturated heterocycles. The monoisotopic (exact) mass is 346 g/mol. The molecule has 0 aliphatic heterocycles. The lowest BCUT2D eigenvalue weighted by Gasteiger charge is -2.19. The van der Waals surface area contributed by atoms with Gasteiger partial charge in [-0.05, 0) is 12.3 Å². The van der Waals surface area contributed by atoms with Crippen LogP contribution >= 0.6 is 0 Å². The number of carboxylic acids is 1. The third-order valence-corrected chi connectivity index (χ3v) is 2.29. The zero-order valence-corrected chi connectivity index (χ0v) is 12.9. The van der Waals surface area contributed by atoms with E-state index >= 15 is 0 Å². The Kier molecular flexibility index (Phi) is 11.0. The molecule has 0 aromatic heterocycles. The molecule has 0 heterocycles. The van der Waals surface area contributed by atoms with E-state index in [0.717, 1.165) is 0 Å². The minimum absolute atomic E-state index is 0.231. The minimum Gasteiger partial charge on any atom is -0.475 e. The van der Waals surface area contributed by atoms with E-state index in [-0.39, 0.29) is 5.92 Å². The van der Waals surface area contributed by atoms with Crippen LogP contribution in [-0.4, -0.2) is 60.0 Å². The number of aliphatic hydroxyl groups is 1. The topological polar surface area (TPSA) is 139 Å². The molecule has 0 unspecified atom stereocenters. The number of carbonyl (C=O) groups excluding carboxylic acids is 2. The van der Waals surface area contributed by atoms with Crippen molar-refractivity contribution in [3.8, 4) is 0 Å². The van der Waals surface area contributed by atoms with Crippen molar-refractivity contribution in [3.63, 3.8) is 0 Å². The first-order valence-electron chi connectivity index (χ1n) is 6.41. The molecule has 0 radical (unpaired) electrons. The predicted octanol–water partition coefficient (Wildman–Crippen LogP) is -0.357. The Morgan fingerprint density at radius 3 is 1.96 bits per heavy atom. The van der Waals surface area contributed by atoms with Crippen LogP contribution in [-0.2, 0) is 19.1 Å². The van der Waals surface area contributed by atoms with Crippen LogP contribution in [0.1, 0.15) is 20.3 Å². The van der Waals surface area contributed by atoms with Gasteiger partial charge in [0.1, 0.15) is 12.1 Å². The van der Waals surface area contributed by atoms with E-state index in [1.165, 1.54) is 7.11 Å². The van der Waals surface area contributed by atoms with Gasteiger partial charge in [0, 0.05) is 0 Å². The molecular weight excluding hydrogens is 325 g/mol. The number of amides is 1. The first-order chi connectivity index (χ1) is 10.4. The molecule has 0 rings (SSSR count). The summed E-state index contributed by atoms with van der Waals surface area (Å²) in [6.45, 7) is 3.39. The molecule has 0 spiro atoms. The normalized spacial score (nSPS) is 13.4. The second-order valence-electron chi connectivity index (χ2n) is 4.81. The molecule has 0 aliphatic carbocycles. The van der Waals surface area contributed by atoms with Crippen molar-refractivity contribution in [1.29, 1.82) is 0 Å². The number of alkyl halides is 3. The molecule has 0 aliphatic rings. The highest BCUT2D eigenvalue weighted by Crippen LogP contribution is 2.13. The summed E-state index contributed by atoms with van der Waals surface area (Å²) in [5.41, 5.74) is 5.32. The van der Waals surface area contributed by atoms with Crippen molar-refractivity contribution in [3.05, 3.63) is 0 Å². The highest BCUT2D eigenvalue weighted by atomic mass is 19.4. The lowest BCUT2D eigenvalue weighted by atomic mass is 10.0. The third-order valence-electron chi connectivity index (χ3n) is 2.29. The van der Waals surface area contributed by atoms with Crippen LogP contribution in [0.3, 0.4) is 0 Å². The molecule has 136 valence electrons. The first-order valence-corrected chi connectivity index (χ1v) is 6.41. The molecule has 5 N–H and O–H groups in total. The summed E-state index contributed by atoms with van der Waals surface area (Å²) >= 11 is 0. The molecule has 0 aromatic rings. The van der Waals surface area contributed by atoms with Crippen molar-refractivity contribution in [2.75, 3.05) is 13.7 Å². The second-order valence-corrected chi connectivity index (χ2v) is 4.81. The zero-order chi connectivity index (χ0) is 18.8. The molecule has 0 saturated carbocycles. The number of esters is 1. The van der Waals surface area contributed by atoms with Crippen LogP contribution in [0.2, 0.25) is 0 Å². The quantitative estimate of drug-likeness (QED) is 0.482. The Labute approximate surface area is 130 Å². The summed E-state index contributed by atoms with van der Waals surface area (Å²) in [7, 11) is 1.26. The Morgan fingerprint density at radius 2 is 1.70 bits per heavy atom. The van der Waals surface area contributed by atoms with Gasteiger partial charge in [-0.2, -0.15) is 13.2 Å². The van der Waals surface area contributed by atoms with Gasteiger partial charge in [0.25, 0.3) is 0 Å². The maximum Gasteiger partial charge on any atom is 0.490 e. The van der Waals surface area contributed by atoms with Gasteiger partial charge in [0.15, 0.2) is 0 Å². The third kappa shape index (κ3) is 11.4. The number of rotatable bonds is 6. The van der Waals surface area contributed by atoms with Crippen LogP contribution in [0, 0.1) is 5.92 Å². The number of hydrogen-bond acceptors (Lipinski definition) is 6. The van der Waals surface area contributed by atoms with Crippen molar-refractivity contribution in [1.82, 2.24) is 5.32 Å². The molecule has 0 fully saturated rings. The van der Waals surface area contributed by atoms with E-state index in [9.17, 15) is 22.8 Å². The van der Waals surface area contributed by atoms with E-state index < -0.39 is 42.7 Å². The first kappa shape index (κ1) is 23.4. The van der Waals surface area contributed by atoms with Crippen LogP contribution in [0.15, 0.2) is 0 Å². The van der Waals surface area contributed by atoms with E-state index in [1.54, 1.807) is 0 Å². The number of halogens is 3. The second kappa shape index (κ2) is 10.8. The van der Waals surface area contributed by atoms with E-state index in [2.05, 4.69) is 10.1 Å². The Morgan fingerprint density at radius 1 is 1.26 bits per heavy atom. The van der Waals surface area contributed by atoms with E-state index in [0.29, 0.717) is 6.42 Å². The zero-order valence-electron chi connectivity index (χ0n) is 12.9. The van der Waals surface area contributed by atoms with Crippen molar-refractivity contribution in [2.45, 2.75) is 38.5 Å². The average Bonchev–Trinajstić information content (AvgIpc) is 2.43. The molecular formula is C12H21F3N2O6. The summed E-state index contributed by atoms with van der Waals surface area (Å²) in [5.74, 6) is -3.59. The van der Waals surface area contributed by atoms with Gasteiger partial charge in [0.2, 0.25) is 5.91 Å². The number of hydrogen-bond donors (Lipinski definition) is 4. The van der Waals surface area contributed by atoms with Gasteiger partial charge in [-0.15, -0.1) is 0 Å². The molecule has 11 heteroatoms. The molecule has 1 amide bonds. The molecule has 2 atom stereocenters. The Hall–Kier alpha value is -1.88. The lowest BCUT2D eigenvalue weighted by Crippen LogP contribution is -2.50. The number of nitrogens with one attached hydrogen (secondary N) is 1. The highest BCUT2D eigenvalue weighted by Gasteiger charge is 2.38. The number of nitrogens with two attached hydrogens (primary N) is 1. The standard InChI is InChI=1S/C10H20N2O4.C2HF3O2/c1-6(2)4-8(10(15)16-3)12-9(14)7(11)5-13;3-2(4,5)1(6)7/h6-8,13H,4-5,11H2,1-3H3,(H,12,14);(H,6,7)/t7-,8-;/m0./s1. The highest BCUT2D eigenvalue weighted by molar-refractivity contribution is 5.87.